The quantitative estimate of drug-likeness (QED) is 0.196. The third-order valence-electron chi connectivity index (χ3n) is 8.79. The zero-order chi connectivity index (χ0) is 36.0. The molecule has 0 radical (unpaired) electrons. The van der Waals surface area contributed by atoms with Crippen LogP contribution >= 0.6 is 0 Å². The maximum atomic E-state index is 9.17. The summed E-state index contributed by atoms with van der Waals surface area (Å²) in [5.74, 6) is 0.950. The SMILES string of the molecule is [2H]c1cc2c(ccc3c2oc2cc([2H])c([2H])c(-c4nc(-c5ccccc5)nc(-c5ccc6c(c5)oc5cccc(-c7ccccc7)c56)n4)c23)c([2H])c1[2H]. The Morgan fingerprint density at radius 3 is 2.02 bits per heavy atom. The van der Waals surface area contributed by atoms with Gasteiger partial charge in [0.05, 0.1) is 6.85 Å². The Balaban J connectivity index is 1.22. The van der Waals surface area contributed by atoms with Gasteiger partial charge in [0, 0.05) is 43.6 Å². The zero-order valence-electron chi connectivity index (χ0n) is 30.2. The molecule has 0 saturated carbocycles. The van der Waals surface area contributed by atoms with Crippen LogP contribution in [0.1, 0.15) is 6.85 Å². The van der Waals surface area contributed by atoms with Crippen LogP contribution in [0.4, 0.5) is 0 Å². The topological polar surface area (TPSA) is 65.0 Å². The summed E-state index contributed by atoms with van der Waals surface area (Å²) >= 11 is 0. The van der Waals surface area contributed by atoms with E-state index in [1.807, 2.05) is 78.9 Å². The first-order valence-electron chi connectivity index (χ1n) is 18.0. The van der Waals surface area contributed by atoms with Gasteiger partial charge in [-0.1, -0.05) is 121 Å². The van der Waals surface area contributed by atoms with Crippen molar-refractivity contribution in [2.75, 3.05) is 0 Å². The van der Waals surface area contributed by atoms with E-state index in [2.05, 4.69) is 18.2 Å². The predicted octanol–water partition coefficient (Wildman–Crippen LogP) is 11.5. The summed E-state index contributed by atoms with van der Waals surface area (Å²) in [4.78, 5) is 14.8. The van der Waals surface area contributed by atoms with Crippen LogP contribution in [0.3, 0.4) is 0 Å². The molecule has 3 aromatic heterocycles. The van der Waals surface area contributed by atoms with E-state index in [0.29, 0.717) is 61.1 Å². The highest BCUT2D eigenvalue weighted by Gasteiger charge is 2.20. The van der Waals surface area contributed by atoms with E-state index >= 15 is 0 Å². The number of furan rings is 2. The summed E-state index contributed by atoms with van der Waals surface area (Å²) in [7, 11) is 0. The smallest absolute Gasteiger partial charge is 0.164 e. The molecule has 0 fully saturated rings. The Kier molecular flexibility index (Phi) is 4.81. The van der Waals surface area contributed by atoms with Crippen molar-refractivity contribution in [3.63, 3.8) is 0 Å². The molecule has 7 aromatic carbocycles. The van der Waals surface area contributed by atoms with Crippen LogP contribution in [0.15, 0.2) is 160 Å². The summed E-state index contributed by atoms with van der Waals surface area (Å²) < 4.78 is 55.6. The van der Waals surface area contributed by atoms with Crippen molar-refractivity contribution in [3.8, 4) is 45.3 Å². The average molecular weight is 621 g/mol. The first-order valence-corrected chi connectivity index (χ1v) is 15.5. The molecule has 0 aliphatic rings. The van der Waals surface area contributed by atoms with Crippen molar-refractivity contribution in [1.29, 1.82) is 0 Å². The van der Waals surface area contributed by atoms with Gasteiger partial charge in [0.25, 0.3) is 0 Å². The van der Waals surface area contributed by atoms with Gasteiger partial charge in [-0.05, 0) is 46.8 Å². The minimum absolute atomic E-state index is 0.0650. The summed E-state index contributed by atoms with van der Waals surface area (Å²) in [6.45, 7) is 0. The highest BCUT2D eigenvalue weighted by Crippen LogP contribution is 2.41. The normalized spacial score (nSPS) is 13.2. The largest absolute Gasteiger partial charge is 0.456 e. The van der Waals surface area contributed by atoms with Gasteiger partial charge in [-0.25, -0.2) is 15.0 Å². The Labute approximate surface area is 281 Å². The molecule has 5 nitrogen and oxygen atoms in total. The molecule has 48 heavy (non-hydrogen) atoms. The van der Waals surface area contributed by atoms with Gasteiger partial charge < -0.3 is 8.83 Å². The third-order valence-corrected chi connectivity index (χ3v) is 8.79. The molecule has 10 aromatic rings. The molecule has 0 atom stereocenters. The van der Waals surface area contributed by atoms with Crippen LogP contribution < -0.4 is 0 Å². The van der Waals surface area contributed by atoms with Gasteiger partial charge >= 0.3 is 0 Å². The number of hydrogen-bond acceptors (Lipinski definition) is 5. The number of fused-ring (bicyclic) bond motifs is 8. The van der Waals surface area contributed by atoms with E-state index in [4.69, 9.17) is 30.6 Å². The van der Waals surface area contributed by atoms with E-state index in [0.717, 1.165) is 33.0 Å². The fourth-order valence-corrected chi connectivity index (χ4v) is 6.58. The molecular formula is C43H25N3O2. The van der Waals surface area contributed by atoms with Gasteiger partial charge in [-0.2, -0.15) is 0 Å². The second-order valence-electron chi connectivity index (χ2n) is 11.6. The lowest BCUT2D eigenvalue weighted by Gasteiger charge is -2.09. The van der Waals surface area contributed by atoms with Crippen LogP contribution in [0.25, 0.3) is 99.9 Å². The number of hydrogen-bond donors (Lipinski definition) is 0. The molecule has 0 aliphatic carbocycles. The number of nitrogens with zero attached hydrogens (tertiary/aromatic N) is 3. The zero-order valence-corrected chi connectivity index (χ0v) is 25.2. The maximum absolute atomic E-state index is 9.17. The van der Waals surface area contributed by atoms with Crippen LogP contribution in [0, 0.1) is 0 Å². The third kappa shape index (κ3) is 4.15. The van der Waals surface area contributed by atoms with Gasteiger partial charge in [-0.3, -0.25) is 0 Å². The average Bonchev–Trinajstić information content (AvgIpc) is 3.76. The first kappa shape index (κ1) is 22.0. The van der Waals surface area contributed by atoms with Crippen molar-refractivity contribution in [1.82, 2.24) is 15.0 Å². The van der Waals surface area contributed by atoms with Gasteiger partial charge in [-0.15, -0.1) is 0 Å². The van der Waals surface area contributed by atoms with Crippen molar-refractivity contribution >= 4 is 54.6 Å². The molecule has 5 heteroatoms. The lowest BCUT2D eigenvalue weighted by molar-refractivity contribution is 0.669. The summed E-state index contributed by atoms with van der Waals surface area (Å²) in [6.07, 6.45) is 0. The second kappa shape index (κ2) is 10.5. The Morgan fingerprint density at radius 2 is 1.17 bits per heavy atom. The van der Waals surface area contributed by atoms with E-state index in [1.165, 1.54) is 12.1 Å². The second-order valence-corrected chi connectivity index (χ2v) is 11.6. The number of benzene rings is 7. The van der Waals surface area contributed by atoms with Gasteiger partial charge in [0.2, 0.25) is 0 Å². The van der Waals surface area contributed by atoms with E-state index in [1.54, 1.807) is 12.1 Å². The van der Waals surface area contributed by atoms with Crippen LogP contribution in [-0.2, 0) is 0 Å². The van der Waals surface area contributed by atoms with E-state index in [9.17, 15) is 0 Å². The number of aromatic nitrogens is 3. The fourth-order valence-electron chi connectivity index (χ4n) is 6.58. The summed E-state index contributed by atoms with van der Waals surface area (Å²) in [5, 5.41) is 4.11. The molecular weight excluding hydrogens is 590 g/mol. The van der Waals surface area contributed by atoms with E-state index < -0.39 is 0 Å². The fraction of sp³-hybridized carbons (Fsp3) is 0. The summed E-state index contributed by atoms with van der Waals surface area (Å²) in [6, 6.07) is 37.7. The Hall–Kier alpha value is -6.59. The molecule has 3 heterocycles. The molecule has 0 unspecified atom stereocenters. The predicted molar refractivity (Wildman–Crippen MR) is 194 cm³/mol. The molecule has 0 spiro atoms. The highest BCUT2D eigenvalue weighted by molar-refractivity contribution is 6.19. The summed E-state index contributed by atoms with van der Waals surface area (Å²) in [5.41, 5.74) is 6.08. The Bertz CT molecular complexity index is 3120. The van der Waals surface area contributed by atoms with Crippen LogP contribution in [-0.4, -0.2) is 15.0 Å². The molecule has 0 N–H and O–H groups in total. The standard InChI is InChI=1S/C43H25N3O2/c1-3-11-26(12-4-1)30-17-9-19-35-38(30)32-23-22-29(25-37(32)47-35)42-44-41(28-14-5-2-6-15-28)45-43(46-42)34-18-10-20-36-39(34)33-24-21-27-13-7-8-16-31(27)40(33)48-36/h1-25H/i7D,8D,10D,13D,18D. The lowest BCUT2D eigenvalue weighted by atomic mass is 9.99. The first-order chi connectivity index (χ1) is 25.8. The Morgan fingerprint density at radius 1 is 0.438 bits per heavy atom. The molecule has 0 amide bonds. The minimum atomic E-state index is -0.167. The molecule has 10 rings (SSSR count). The molecule has 0 saturated heterocycles. The molecule has 224 valence electrons. The van der Waals surface area contributed by atoms with Crippen molar-refractivity contribution in [2.45, 2.75) is 0 Å². The monoisotopic (exact) mass is 620 g/mol. The van der Waals surface area contributed by atoms with Crippen LogP contribution in [0.2, 0.25) is 0 Å². The number of rotatable bonds is 4. The van der Waals surface area contributed by atoms with Gasteiger partial charge in [0.1, 0.15) is 22.3 Å². The van der Waals surface area contributed by atoms with Crippen molar-refractivity contribution in [2.24, 2.45) is 0 Å². The highest BCUT2D eigenvalue weighted by atomic mass is 16.3. The van der Waals surface area contributed by atoms with Crippen LogP contribution in [0.5, 0.6) is 0 Å². The van der Waals surface area contributed by atoms with Gasteiger partial charge in [0.15, 0.2) is 17.5 Å². The molecule has 0 aliphatic heterocycles. The van der Waals surface area contributed by atoms with Crippen molar-refractivity contribution < 1.29 is 15.7 Å². The van der Waals surface area contributed by atoms with Crippen molar-refractivity contribution in [3.05, 3.63) is 152 Å². The minimum Gasteiger partial charge on any atom is -0.456 e. The van der Waals surface area contributed by atoms with E-state index in [-0.39, 0.29) is 36.0 Å². The lowest BCUT2D eigenvalue weighted by Crippen LogP contribution is -2.00. The maximum Gasteiger partial charge on any atom is 0.164 e. The molecule has 0 bridgehead atoms.